The number of hydrogen-bond donors (Lipinski definition) is 1. The highest BCUT2D eigenvalue weighted by atomic mass is 16.5. The second-order valence-corrected chi connectivity index (χ2v) is 8.27. The van der Waals surface area contributed by atoms with E-state index in [9.17, 15) is 5.11 Å². The lowest BCUT2D eigenvalue weighted by molar-refractivity contribution is 0.0116. The average molecular weight is 443 g/mol. The van der Waals surface area contributed by atoms with E-state index in [0.29, 0.717) is 24.3 Å². The molecule has 1 aliphatic heterocycles. The number of aromatic nitrogens is 3. The van der Waals surface area contributed by atoms with E-state index in [0.717, 1.165) is 46.5 Å². The van der Waals surface area contributed by atoms with Gasteiger partial charge in [0.2, 0.25) is 0 Å². The van der Waals surface area contributed by atoms with Crippen LogP contribution in [0, 0.1) is 0 Å². The van der Waals surface area contributed by atoms with Crippen LogP contribution in [-0.4, -0.2) is 47.6 Å². The van der Waals surface area contributed by atoms with Crippen LogP contribution in [-0.2, 0) is 5.60 Å². The van der Waals surface area contributed by atoms with Crippen LogP contribution in [0.1, 0.15) is 18.4 Å². The third kappa shape index (κ3) is 3.96. The minimum Gasteiger partial charge on any atom is -0.493 e. The van der Waals surface area contributed by atoms with Crippen LogP contribution >= 0.6 is 0 Å². The second kappa shape index (κ2) is 8.67. The van der Waals surface area contributed by atoms with E-state index < -0.39 is 5.60 Å². The van der Waals surface area contributed by atoms with Crippen molar-refractivity contribution in [1.29, 1.82) is 0 Å². The van der Waals surface area contributed by atoms with Gasteiger partial charge in [0.1, 0.15) is 5.82 Å². The van der Waals surface area contributed by atoms with Crippen LogP contribution in [0.4, 0.5) is 5.82 Å². The van der Waals surface area contributed by atoms with Crippen molar-refractivity contribution in [3.63, 3.8) is 0 Å². The van der Waals surface area contributed by atoms with Crippen molar-refractivity contribution in [3.05, 3.63) is 72.6 Å². The van der Waals surface area contributed by atoms with Crippen molar-refractivity contribution in [3.8, 4) is 22.6 Å². The number of benzene rings is 2. The molecule has 7 nitrogen and oxygen atoms in total. The zero-order valence-corrected chi connectivity index (χ0v) is 18.7. The number of hydrogen-bond acceptors (Lipinski definition) is 7. The summed E-state index contributed by atoms with van der Waals surface area (Å²) in [5.74, 6) is 2.16. The lowest BCUT2D eigenvalue weighted by Crippen LogP contribution is -2.42. The number of aliphatic hydroxyl groups is 1. The first-order valence-electron chi connectivity index (χ1n) is 11.0. The minimum atomic E-state index is -0.778. The fourth-order valence-corrected chi connectivity index (χ4v) is 4.49. The summed E-state index contributed by atoms with van der Waals surface area (Å²) in [5, 5.41) is 20.4. The Kier molecular flexibility index (Phi) is 5.56. The van der Waals surface area contributed by atoms with Crippen molar-refractivity contribution in [2.75, 3.05) is 32.2 Å². The van der Waals surface area contributed by atoms with Crippen molar-refractivity contribution < 1.29 is 14.6 Å². The van der Waals surface area contributed by atoms with Gasteiger partial charge in [-0.25, -0.2) is 4.98 Å². The van der Waals surface area contributed by atoms with E-state index in [1.807, 2.05) is 60.8 Å². The highest BCUT2D eigenvalue weighted by molar-refractivity contribution is 5.95. The molecule has 5 rings (SSSR count). The van der Waals surface area contributed by atoms with Crippen molar-refractivity contribution >= 4 is 16.7 Å². The van der Waals surface area contributed by atoms with Gasteiger partial charge in [0.25, 0.3) is 0 Å². The Balaban J connectivity index is 1.38. The average Bonchev–Trinajstić information content (AvgIpc) is 2.88. The Morgan fingerprint density at radius 3 is 2.30 bits per heavy atom. The van der Waals surface area contributed by atoms with Gasteiger partial charge in [-0.3, -0.25) is 0 Å². The summed E-state index contributed by atoms with van der Waals surface area (Å²) in [6.07, 6.45) is 4.94. The molecule has 1 saturated heterocycles. The van der Waals surface area contributed by atoms with E-state index in [4.69, 9.17) is 14.5 Å². The number of anilines is 1. The van der Waals surface area contributed by atoms with Crippen molar-refractivity contribution in [1.82, 2.24) is 15.2 Å². The minimum absolute atomic E-state index is 0.616. The molecular formula is C26H26N4O3. The van der Waals surface area contributed by atoms with Gasteiger partial charge in [0.15, 0.2) is 11.5 Å². The van der Waals surface area contributed by atoms with E-state index in [-0.39, 0.29) is 0 Å². The molecule has 2 aromatic heterocycles. The fourth-order valence-electron chi connectivity index (χ4n) is 4.49. The maximum atomic E-state index is 11.1. The molecule has 168 valence electrons. The zero-order valence-electron chi connectivity index (χ0n) is 18.7. The first-order valence-corrected chi connectivity index (χ1v) is 11.0. The summed E-state index contributed by atoms with van der Waals surface area (Å²) >= 11 is 0. The maximum Gasteiger partial charge on any atom is 0.162 e. The summed E-state index contributed by atoms with van der Waals surface area (Å²) in [5.41, 5.74) is 2.81. The van der Waals surface area contributed by atoms with Gasteiger partial charge in [-0.05, 0) is 36.6 Å². The molecule has 0 aliphatic carbocycles. The van der Waals surface area contributed by atoms with E-state index in [1.54, 1.807) is 20.4 Å². The number of fused-ring (bicyclic) bond motifs is 1. The quantitative estimate of drug-likeness (QED) is 0.496. The molecule has 33 heavy (non-hydrogen) atoms. The van der Waals surface area contributed by atoms with E-state index in [1.165, 1.54) is 0 Å². The van der Waals surface area contributed by atoms with Crippen molar-refractivity contribution in [2.45, 2.75) is 18.4 Å². The number of pyridine rings is 1. The Morgan fingerprint density at radius 1 is 0.909 bits per heavy atom. The molecule has 3 heterocycles. The molecule has 1 fully saturated rings. The number of rotatable bonds is 5. The molecule has 0 unspecified atom stereocenters. The summed E-state index contributed by atoms with van der Waals surface area (Å²) < 4.78 is 10.9. The van der Waals surface area contributed by atoms with Gasteiger partial charge in [0, 0.05) is 41.9 Å². The van der Waals surface area contributed by atoms with Crippen molar-refractivity contribution in [2.24, 2.45) is 0 Å². The maximum absolute atomic E-state index is 11.1. The van der Waals surface area contributed by atoms with Gasteiger partial charge in [-0.15, -0.1) is 0 Å². The normalized spacial score (nSPS) is 15.4. The number of nitrogens with zero attached hydrogens (tertiary/aromatic N) is 4. The molecule has 0 amide bonds. The van der Waals surface area contributed by atoms with Crippen LogP contribution < -0.4 is 14.4 Å². The lowest BCUT2D eigenvalue weighted by atomic mass is 9.84. The number of ether oxygens (including phenoxy) is 2. The summed E-state index contributed by atoms with van der Waals surface area (Å²) in [6, 6.07) is 17.7. The molecule has 0 bridgehead atoms. The van der Waals surface area contributed by atoms with Crippen LogP contribution in [0.3, 0.4) is 0 Å². The van der Waals surface area contributed by atoms with Gasteiger partial charge in [-0.1, -0.05) is 30.3 Å². The van der Waals surface area contributed by atoms with Gasteiger partial charge >= 0.3 is 0 Å². The smallest absolute Gasteiger partial charge is 0.162 e. The van der Waals surface area contributed by atoms with Crippen LogP contribution in [0.2, 0.25) is 0 Å². The molecule has 2 aromatic carbocycles. The molecule has 0 radical (unpaired) electrons. The Bertz CT molecular complexity index is 1250. The summed E-state index contributed by atoms with van der Waals surface area (Å²) in [4.78, 5) is 6.94. The Labute approximate surface area is 192 Å². The standard InChI is InChI=1S/C26H26N4O3/c1-32-23-14-20-21(17-28-29-22(20)15-24(23)33-2)18-8-9-25(27-16-18)30-12-10-26(31,11-13-30)19-6-4-3-5-7-19/h3-9,14-17,31H,10-13H2,1-2H3. The SMILES string of the molecule is COc1cc2nncc(-c3ccc(N4CCC(O)(c5ccccc5)CC4)nc3)c2cc1OC. The fraction of sp³-hybridized carbons (Fsp3) is 0.269. The molecule has 7 heteroatoms. The Morgan fingerprint density at radius 2 is 1.64 bits per heavy atom. The number of methoxy groups -OCH3 is 2. The van der Waals surface area contributed by atoms with Crippen LogP contribution in [0.25, 0.3) is 22.0 Å². The largest absolute Gasteiger partial charge is 0.493 e. The monoisotopic (exact) mass is 442 g/mol. The number of piperidine rings is 1. The highest BCUT2D eigenvalue weighted by Crippen LogP contribution is 2.37. The van der Waals surface area contributed by atoms with Crippen LogP contribution in [0.15, 0.2) is 67.0 Å². The predicted molar refractivity (Wildman–Crippen MR) is 128 cm³/mol. The first-order chi connectivity index (χ1) is 16.1. The third-order valence-corrected chi connectivity index (χ3v) is 6.43. The van der Waals surface area contributed by atoms with Gasteiger partial charge < -0.3 is 19.5 Å². The van der Waals surface area contributed by atoms with Gasteiger partial charge in [0.05, 0.1) is 31.5 Å². The lowest BCUT2D eigenvalue weighted by Gasteiger charge is -2.39. The molecule has 0 spiro atoms. The predicted octanol–water partition coefficient (Wildman–Crippen LogP) is 4.20. The summed E-state index contributed by atoms with van der Waals surface area (Å²) in [7, 11) is 3.22. The molecule has 0 saturated carbocycles. The third-order valence-electron chi connectivity index (χ3n) is 6.43. The Hall–Kier alpha value is -3.71. The highest BCUT2D eigenvalue weighted by Gasteiger charge is 2.34. The molecule has 1 N–H and O–H groups in total. The zero-order chi connectivity index (χ0) is 22.8. The molecular weight excluding hydrogens is 416 g/mol. The molecule has 4 aromatic rings. The first kappa shape index (κ1) is 21.2. The van der Waals surface area contributed by atoms with Crippen LogP contribution in [0.5, 0.6) is 11.5 Å². The second-order valence-electron chi connectivity index (χ2n) is 8.27. The molecule has 1 aliphatic rings. The molecule has 0 atom stereocenters. The van der Waals surface area contributed by atoms with E-state index in [2.05, 4.69) is 15.1 Å². The topological polar surface area (TPSA) is 80.6 Å². The van der Waals surface area contributed by atoms with E-state index >= 15 is 0 Å². The van der Waals surface area contributed by atoms with Gasteiger partial charge in [-0.2, -0.15) is 10.2 Å². The summed E-state index contributed by atoms with van der Waals surface area (Å²) in [6.45, 7) is 1.49.